The van der Waals surface area contributed by atoms with Gasteiger partial charge in [-0.25, -0.2) is 0 Å². The second-order valence-corrected chi connectivity index (χ2v) is 23.1. The maximum atomic E-state index is 12.9. The average molecular weight is 1060 g/mol. The van der Waals surface area contributed by atoms with Gasteiger partial charge in [-0.3, -0.25) is 14.4 Å². The van der Waals surface area contributed by atoms with Gasteiger partial charge in [-0.15, -0.1) is 0 Å². The van der Waals surface area contributed by atoms with Crippen LogP contribution in [0.15, 0.2) is 24.3 Å². The molecule has 1 unspecified atom stereocenters. The minimum atomic E-state index is -0.773. The Balaban J connectivity index is 4.27. The molecule has 0 aromatic carbocycles. The zero-order chi connectivity index (χ0) is 54.3. The summed E-state index contributed by atoms with van der Waals surface area (Å²) >= 11 is 0. The van der Waals surface area contributed by atoms with Gasteiger partial charge in [0.2, 0.25) is 0 Å². The highest BCUT2D eigenvalue weighted by molar-refractivity contribution is 5.71. The van der Waals surface area contributed by atoms with Crippen LogP contribution in [-0.2, 0) is 28.6 Å². The average Bonchev–Trinajstić information content (AvgIpc) is 3.41. The van der Waals surface area contributed by atoms with Crippen LogP contribution in [0, 0.1) is 0 Å². The van der Waals surface area contributed by atoms with Crippen LogP contribution in [0.25, 0.3) is 0 Å². The number of hydrogen-bond donors (Lipinski definition) is 0. The van der Waals surface area contributed by atoms with Gasteiger partial charge < -0.3 is 14.2 Å². The molecule has 0 heterocycles. The Morgan fingerprint density at radius 2 is 0.440 bits per heavy atom. The molecule has 0 aromatic rings. The summed E-state index contributed by atoms with van der Waals surface area (Å²) in [5, 5.41) is 0. The van der Waals surface area contributed by atoms with Crippen LogP contribution in [-0.4, -0.2) is 37.2 Å². The number of rotatable bonds is 63. The Morgan fingerprint density at radius 3 is 0.667 bits per heavy atom. The third kappa shape index (κ3) is 62.6. The molecule has 1 atom stereocenters. The molecule has 0 N–H and O–H groups in total. The van der Waals surface area contributed by atoms with Gasteiger partial charge in [0.15, 0.2) is 6.10 Å². The van der Waals surface area contributed by atoms with Gasteiger partial charge in [-0.05, 0) is 70.6 Å². The van der Waals surface area contributed by atoms with Crippen molar-refractivity contribution in [3.63, 3.8) is 0 Å². The van der Waals surface area contributed by atoms with Crippen LogP contribution in [0.4, 0.5) is 0 Å². The predicted molar refractivity (Wildman–Crippen MR) is 326 cm³/mol. The molecule has 0 rings (SSSR count). The van der Waals surface area contributed by atoms with Gasteiger partial charge in [0.1, 0.15) is 13.2 Å². The van der Waals surface area contributed by atoms with Gasteiger partial charge >= 0.3 is 17.9 Å². The van der Waals surface area contributed by atoms with E-state index in [1.54, 1.807) is 0 Å². The van der Waals surface area contributed by atoms with Crippen LogP contribution in [0.2, 0.25) is 0 Å². The van der Waals surface area contributed by atoms with E-state index in [-0.39, 0.29) is 31.1 Å². The number of hydrogen-bond acceptors (Lipinski definition) is 6. The predicted octanol–water partition coefficient (Wildman–Crippen LogP) is 23.0. The lowest BCUT2D eigenvalue weighted by molar-refractivity contribution is -0.167. The molecule has 442 valence electrons. The summed E-state index contributed by atoms with van der Waals surface area (Å²) in [4.78, 5) is 38.4. The summed E-state index contributed by atoms with van der Waals surface area (Å²) in [5.74, 6) is -0.852. The Kier molecular flexibility index (Phi) is 62.6. The summed E-state index contributed by atoms with van der Waals surface area (Å²) < 4.78 is 17.0. The van der Waals surface area contributed by atoms with Gasteiger partial charge in [-0.1, -0.05) is 315 Å². The Labute approximate surface area is 468 Å². The minimum Gasteiger partial charge on any atom is -0.462 e. The molecular formula is C69H130O6. The lowest BCUT2D eigenvalue weighted by Gasteiger charge is -2.18. The summed E-state index contributed by atoms with van der Waals surface area (Å²) in [5.41, 5.74) is 0. The zero-order valence-electron chi connectivity index (χ0n) is 50.8. The number of allylic oxidation sites excluding steroid dienone is 4. The largest absolute Gasteiger partial charge is 0.462 e. The van der Waals surface area contributed by atoms with E-state index in [4.69, 9.17) is 14.2 Å². The fourth-order valence-electron chi connectivity index (χ4n) is 10.3. The van der Waals surface area contributed by atoms with E-state index in [9.17, 15) is 14.4 Å². The van der Waals surface area contributed by atoms with Gasteiger partial charge in [-0.2, -0.15) is 0 Å². The molecule has 0 amide bonds. The van der Waals surface area contributed by atoms with E-state index in [1.807, 2.05) is 0 Å². The number of ether oxygens (including phenoxy) is 3. The smallest absolute Gasteiger partial charge is 0.306 e. The summed E-state index contributed by atoms with van der Waals surface area (Å²) in [6.07, 6.45) is 77.7. The van der Waals surface area contributed by atoms with Crippen LogP contribution in [0.1, 0.15) is 380 Å². The molecule has 0 radical (unpaired) electrons. The van der Waals surface area contributed by atoms with Gasteiger partial charge in [0.25, 0.3) is 0 Å². The number of esters is 3. The second kappa shape index (κ2) is 64.4. The number of unbranched alkanes of at least 4 members (excludes halogenated alkanes) is 48. The first kappa shape index (κ1) is 72.9. The van der Waals surface area contributed by atoms with E-state index < -0.39 is 6.10 Å². The van der Waals surface area contributed by atoms with Crippen LogP contribution in [0.5, 0.6) is 0 Å². The molecule has 75 heavy (non-hydrogen) atoms. The summed E-state index contributed by atoms with van der Waals surface area (Å²) in [7, 11) is 0. The van der Waals surface area contributed by atoms with Crippen molar-refractivity contribution in [1.82, 2.24) is 0 Å². The first-order valence-electron chi connectivity index (χ1n) is 33.8. The molecule has 0 saturated carbocycles. The van der Waals surface area contributed by atoms with Crippen LogP contribution in [0.3, 0.4) is 0 Å². The minimum absolute atomic E-state index is 0.0694. The molecule has 6 heteroatoms. The summed E-state index contributed by atoms with van der Waals surface area (Å²) in [6, 6.07) is 0. The SMILES string of the molecule is CCCCCCC/C=C\CCCCCCCC(=O)OCC(COC(=O)CCCCCCCCCCCCCCCCCCCCCCCC)OC(=O)CCCCCCCCCCC/C=C\CCCCCCCCCC. The van der Waals surface area contributed by atoms with E-state index in [0.29, 0.717) is 19.3 Å². The molecule has 0 saturated heterocycles. The Morgan fingerprint density at radius 1 is 0.253 bits per heavy atom. The molecule has 0 aliphatic rings. The monoisotopic (exact) mass is 1050 g/mol. The molecule has 0 spiro atoms. The quantitative estimate of drug-likeness (QED) is 0.0261. The topological polar surface area (TPSA) is 78.9 Å². The highest BCUT2D eigenvalue weighted by Gasteiger charge is 2.19. The van der Waals surface area contributed by atoms with Crippen molar-refractivity contribution in [2.45, 2.75) is 386 Å². The van der Waals surface area contributed by atoms with Crippen molar-refractivity contribution in [1.29, 1.82) is 0 Å². The maximum Gasteiger partial charge on any atom is 0.306 e. The first-order valence-corrected chi connectivity index (χ1v) is 33.8. The molecule has 0 aliphatic carbocycles. The highest BCUT2D eigenvalue weighted by Crippen LogP contribution is 2.18. The van der Waals surface area contributed by atoms with E-state index in [2.05, 4.69) is 45.1 Å². The molecule has 0 aliphatic heterocycles. The Hall–Kier alpha value is -2.11. The van der Waals surface area contributed by atoms with Gasteiger partial charge in [0.05, 0.1) is 0 Å². The maximum absolute atomic E-state index is 12.9. The third-order valence-corrected chi connectivity index (χ3v) is 15.4. The number of carbonyl (C=O) groups excluding carboxylic acids is 3. The van der Waals surface area contributed by atoms with Crippen molar-refractivity contribution in [2.75, 3.05) is 13.2 Å². The normalized spacial score (nSPS) is 12.1. The van der Waals surface area contributed by atoms with Crippen LogP contribution < -0.4 is 0 Å². The van der Waals surface area contributed by atoms with Crippen LogP contribution >= 0.6 is 0 Å². The van der Waals surface area contributed by atoms with E-state index in [0.717, 1.165) is 64.2 Å². The van der Waals surface area contributed by atoms with E-state index in [1.165, 1.54) is 276 Å². The molecule has 0 bridgehead atoms. The molecule has 6 nitrogen and oxygen atoms in total. The zero-order valence-corrected chi connectivity index (χ0v) is 50.8. The van der Waals surface area contributed by atoms with Crippen molar-refractivity contribution in [2.24, 2.45) is 0 Å². The molecule has 0 aromatic heterocycles. The standard InChI is InChI=1S/C69H130O6/c1-4-7-10-13-16-19-22-25-28-30-32-34-36-37-39-41-44-47-50-53-56-59-62-68(71)74-65-66(64-73-67(70)61-58-55-52-49-46-43-27-24-21-18-15-12-9-6-3)75-69(72)63-60-57-54-51-48-45-42-40-38-35-33-31-29-26-23-20-17-14-11-8-5-2/h24,27,31,33,66H,4-23,25-26,28-30,32,34-65H2,1-3H3/b27-24-,33-31-. The first-order chi connectivity index (χ1) is 37.0. The molecule has 0 fully saturated rings. The fourth-order valence-corrected chi connectivity index (χ4v) is 10.3. The lowest BCUT2D eigenvalue weighted by Crippen LogP contribution is -2.30. The fraction of sp³-hybridized carbons (Fsp3) is 0.899. The van der Waals surface area contributed by atoms with Crippen molar-refractivity contribution in [3.05, 3.63) is 24.3 Å². The second-order valence-electron chi connectivity index (χ2n) is 23.1. The van der Waals surface area contributed by atoms with Crippen molar-refractivity contribution in [3.8, 4) is 0 Å². The molecular weight excluding hydrogens is 925 g/mol. The lowest BCUT2D eigenvalue weighted by atomic mass is 10.0. The third-order valence-electron chi connectivity index (χ3n) is 15.4. The van der Waals surface area contributed by atoms with E-state index >= 15 is 0 Å². The highest BCUT2D eigenvalue weighted by atomic mass is 16.6. The van der Waals surface area contributed by atoms with Crippen molar-refractivity contribution < 1.29 is 28.6 Å². The van der Waals surface area contributed by atoms with Crippen molar-refractivity contribution >= 4 is 17.9 Å². The number of carbonyl (C=O) groups is 3. The van der Waals surface area contributed by atoms with Gasteiger partial charge in [0, 0.05) is 19.3 Å². The Bertz CT molecular complexity index is 1210. The summed E-state index contributed by atoms with van der Waals surface area (Å²) in [6.45, 7) is 6.70.